The highest BCUT2D eigenvalue weighted by molar-refractivity contribution is 7.89. The first-order valence-corrected chi connectivity index (χ1v) is 7.28. The molecule has 0 aromatic heterocycles. The summed E-state index contributed by atoms with van der Waals surface area (Å²) in [6, 6.07) is 3.58. The Morgan fingerprint density at radius 2 is 2.00 bits per heavy atom. The maximum atomic E-state index is 13.6. The highest BCUT2D eigenvalue weighted by atomic mass is 32.2. The molecule has 0 saturated heterocycles. The van der Waals surface area contributed by atoms with E-state index in [0.29, 0.717) is 13.1 Å². The fourth-order valence-electron chi connectivity index (χ4n) is 1.66. The smallest absolute Gasteiger partial charge is 0.246 e. The number of benzene rings is 1. The molecular formula is C12H19FN2O2S. The Hall–Kier alpha value is -1.14. The third-order valence-corrected chi connectivity index (χ3v) is 4.45. The van der Waals surface area contributed by atoms with Gasteiger partial charge in [-0.3, -0.25) is 0 Å². The van der Waals surface area contributed by atoms with Gasteiger partial charge in [0, 0.05) is 18.8 Å². The summed E-state index contributed by atoms with van der Waals surface area (Å²) in [5.74, 6) is -0.602. The summed E-state index contributed by atoms with van der Waals surface area (Å²) < 4.78 is 39.5. The van der Waals surface area contributed by atoms with Crippen LogP contribution in [0.1, 0.15) is 20.8 Å². The maximum absolute atomic E-state index is 13.6. The molecular weight excluding hydrogens is 255 g/mol. The van der Waals surface area contributed by atoms with Gasteiger partial charge < -0.3 is 5.73 Å². The standard InChI is InChI=1S/C12H19FN2O2S/c1-4-15(8-9(2)3)18(16,17)12-7-10(14)5-6-11(12)13/h5-7,9H,4,8,14H2,1-3H3. The number of hydrogen-bond donors (Lipinski definition) is 1. The first-order valence-electron chi connectivity index (χ1n) is 5.84. The minimum Gasteiger partial charge on any atom is -0.399 e. The molecule has 0 radical (unpaired) electrons. The summed E-state index contributed by atoms with van der Waals surface area (Å²) >= 11 is 0. The summed E-state index contributed by atoms with van der Waals surface area (Å²) in [6.45, 7) is 6.20. The van der Waals surface area contributed by atoms with E-state index in [-0.39, 0.29) is 16.5 Å². The third-order valence-electron chi connectivity index (χ3n) is 2.49. The van der Waals surface area contributed by atoms with E-state index in [0.717, 1.165) is 12.1 Å². The number of sulfonamides is 1. The van der Waals surface area contributed by atoms with Crippen LogP contribution in [-0.2, 0) is 10.0 Å². The quantitative estimate of drug-likeness (QED) is 0.836. The van der Waals surface area contributed by atoms with Crippen LogP contribution in [0.5, 0.6) is 0 Å². The van der Waals surface area contributed by atoms with Crippen LogP contribution < -0.4 is 5.73 Å². The van der Waals surface area contributed by atoms with Gasteiger partial charge in [0.15, 0.2) is 0 Å². The Kier molecular flexibility index (Phi) is 4.70. The van der Waals surface area contributed by atoms with Gasteiger partial charge in [-0.25, -0.2) is 12.8 Å². The van der Waals surface area contributed by atoms with Crippen molar-refractivity contribution in [1.29, 1.82) is 0 Å². The van der Waals surface area contributed by atoms with E-state index in [2.05, 4.69) is 0 Å². The second-order valence-electron chi connectivity index (χ2n) is 4.54. The number of hydrogen-bond acceptors (Lipinski definition) is 3. The molecule has 1 aromatic carbocycles. The van der Waals surface area contributed by atoms with Crippen molar-refractivity contribution in [3.8, 4) is 0 Å². The lowest BCUT2D eigenvalue weighted by Crippen LogP contribution is -2.34. The van der Waals surface area contributed by atoms with E-state index in [4.69, 9.17) is 5.73 Å². The van der Waals surface area contributed by atoms with Crippen LogP contribution in [0.15, 0.2) is 23.1 Å². The predicted octanol–water partition coefficient (Wildman–Crippen LogP) is 2.07. The highest BCUT2D eigenvalue weighted by Crippen LogP contribution is 2.22. The lowest BCUT2D eigenvalue weighted by molar-refractivity contribution is 0.378. The number of anilines is 1. The Morgan fingerprint density at radius 3 is 2.50 bits per heavy atom. The lowest BCUT2D eigenvalue weighted by Gasteiger charge is -2.22. The van der Waals surface area contributed by atoms with Crippen LogP contribution in [0.3, 0.4) is 0 Å². The van der Waals surface area contributed by atoms with Crippen molar-refractivity contribution in [2.24, 2.45) is 5.92 Å². The van der Waals surface area contributed by atoms with Crippen LogP contribution in [0.4, 0.5) is 10.1 Å². The van der Waals surface area contributed by atoms with Gasteiger partial charge >= 0.3 is 0 Å². The SMILES string of the molecule is CCN(CC(C)C)S(=O)(=O)c1cc(N)ccc1F. The van der Waals surface area contributed by atoms with Gasteiger partial charge in [0.05, 0.1) is 0 Å². The number of nitrogens with zero attached hydrogens (tertiary/aromatic N) is 1. The van der Waals surface area contributed by atoms with Gasteiger partial charge in [0.2, 0.25) is 10.0 Å². The fourth-order valence-corrected chi connectivity index (χ4v) is 3.37. The van der Waals surface area contributed by atoms with Crippen molar-refractivity contribution in [3.05, 3.63) is 24.0 Å². The molecule has 0 aliphatic heterocycles. The molecule has 1 rings (SSSR count). The molecule has 0 fully saturated rings. The van der Waals surface area contributed by atoms with E-state index in [1.54, 1.807) is 6.92 Å². The lowest BCUT2D eigenvalue weighted by atomic mass is 10.2. The van der Waals surface area contributed by atoms with E-state index in [9.17, 15) is 12.8 Å². The van der Waals surface area contributed by atoms with Crippen molar-refractivity contribution in [2.45, 2.75) is 25.7 Å². The molecule has 0 bridgehead atoms. The number of nitrogens with two attached hydrogens (primary N) is 1. The molecule has 102 valence electrons. The first-order chi connectivity index (χ1) is 8.28. The molecule has 4 nitrogen and oxygen atoms in total. The Bertz CT molecular complexity index is 515. The Balaban J connectivity index is 3.22. The van der Waals surface area contributed by atoms with Gasteiger partial charge in [-0.15, -0.1) is 0 Å². The zero-order valence-corrected chi connectivity index (χ0v) is 11.7. The maximum Gasteiger partial charge on any atom is 0.246 e. The molecule has 0 aliphatic carbocycles. The monoisotopic (exact) mass is 274 g/mol. The minimum absolute atomic E-state index is 0.170. The first kappa shape index (κ1) is 14.9. The summed E-state index contributed by atoms with van der Waals surface area (Å²) in [4.78, 5) is -0.356. The summed E-state index contributed by atoms with van der Waals surface area (Å²) in [6.07, 6.45) is 0. The summed E-state index contributed by atoms with van der Waals surface area (Å²) in [5.41, 5.74) is 5.75. The van der Waals surface area contributed by atoms with Gasteiger partial charge in [-0.2, -0.15) is 4.31 Å². The molecule has 18 heavy (non-hydrogen) atoms. The average Bonchev–Trinajstić information content (AvgIpc) is 2.28. The predicted molar refractivity (Wildman–Crippen MR) is 70.1 cm³/mol. The van der Waals surface area contributed by atoms with Crippen LogP contribution >= 0.6 is 0 Å². The zero-order valence-electron chi connectivity index (χ0n) is 10.9. The number of halogens is 1. The molecule has 0 unspecified atom stereocenters. The Morgan fingerprint density at radius 1 is 1.39 bits per heavy atom. The molecule has 0 heterocycles. The van der Waals surface area contributed by atoms with Crippen LogP contribution in [0.25, 0.3) is 0 Å². The number of nitrogen functional groups attached to an aromatic ring is 1. The minimum atomic E-state index is -3.82. The second kappa shape index (κ2) is 5.67. The van der Waals surface area contributed by atoms with Gasteiger partial charge in [-0.1, -0.05) is 20.8 Å². The van der Waals surface area contributed by atoms with Crippen molar-refractivity contribution >= 4 is 15.7 Å². The topological polar surface area (TPSA) is 63.4 Å². The van der Waals surface area contributed by atoms with Gasteiger partial charge in [-0.05, 0) is 24.1 Å². The summed E-state index contributed by atoms with van der Waals surface area (Å²) in [5, 5.41) is 0. The van der Waals surface area contributed by atoms with Crippen LogP contribution in [0.2, 0.25) is 0 Å². The van der Waals surface area contributed by atoms with Crippen molar-refractivity contribution in [2.75, 3.05) is 18.8 Å². The molecule has 2 N–H and O–H groups in total. The molecule has 1 aromatic rings. The largest absolute Gasteiger partial charge is 0.399 e. The van der Waals surface area contributed by atoms with E-state index < -0.39 is 15.8 Å². The molecule has 0 amide bonds. The second-order valence-corrected chi connectivity index (χ2v) is 6.45. The highest BCUT2D eigenvalue weighted by Gasteiger charge is 2.26. The van der Waals surface area contributed by atoms with Gasteiger partial charge in [0.1, 0.15) is 10.7 Å². The fraction of sp³-hybridized carbons (Fsp3) is 0.500. The number of rotatable bonds is 5. The normalized spacial score (nSPS) is 12.3. The van der Waals surface area contributed by atoms with Crippen LogP contribution in [-0.4, -0.2) is 25.8 Å². The Labute approximate surface area is 108 Å². The van der Waals surface area contributed by atoms with Crippen molar-refractivity contribution in [3.63, 3.8) is 0 Å². The van der Waals surface area contributed by atoms with Gasteiger partial charge in [0.25, 0.3) is 0 Å². The van der Waals surface area contributed by atoms with E-state index in [1.807, 2.05) is 13.8 Å². The molecule has 0 spiro atoms. The molecule has 0 atom stereocenters. The average molecular weight is 274 g/mol. The zero-order chi connectivity index (χ0) is 13.9. The van der Waals surface area contributed by atoms with Crippen molar-refractivity contribution < 1.29 is 12.8 Å². The van der Waals surface area contributed by atoms with E-state index >= 15 is 0 Å². The van der Waals surface area contributed by atoms with Crippen molar-refractivity contribution in [1.82, 2.24) is 4.31 Å². The molecule has 0 aliphatic rings. The summed E-state index contributed by atoms with van der Waals surface area (Å²) in [7, 11) is -3.82. The third kappa shape index (κ3) is 3.20. The molecule has 6 heteroatoms. The van der Waals surface area contributed by atoms with E-state index in [1.165, 1.54) is 10.4 Å². The molecule has 0 saturated carbocycles. The van der Waals surface area contributed by atoms with Crippen LogP contribution in [0, 0.1) is 11.7 Å².